The summed E-state index contributed by atoms with van der Waals surface area (Å²) in [5, 5.41) is 5.15. The van der Waals surface area contributed by atoms with Crippen LogP contribution in [0.15, 0.2) is 55.1 Å². The zero-order chi connectivity index (χ0) is 27.2. The summed E-state index contributed by atoms with van der Waals surface area (Å²) >= 11 is 0. The molecule has 1 saturated heterocycles. The summed E-state index contributed by atoms with van der Waals surface area (Å²) in [7, 11) is 1.36. The molecule has 2 aromatic carbocycles. The molecule has 3 aromatic rings. The van der Waals surface area contributed by atoms with Gasteiger partial charge >= 0.3 is 5.97 Å². The minimum Gasteiger partial charge on any atom is -0.468 e. The van der Waals surface area contributed by atoms with E-state index in [0.717, 1.165) is 52.3 Å². The second-order valence-electron chi connectivity index (χ2n) is 7.95. The number of nitrogens with zero attached hydrogens (tertiary/aromatic N) is 2. The van der Waals surface area contributed by atoms with E-state index in [1.165, 1.54) is 7.11 Å². The van der Waals surface area contributed by atoms with E-state index in [1.807, 2.05) is 77.1 Å². The third-order valence-electron chi connectivity index (χ3n) is 5.72. The monoisotopic (exact) mass is 507 g/mol. The predicted octanol–water partition coefficient (Wildman–Crippen LogP) is 5.95. The molecule has 0 spiro atoms. The van der Waals surface area contributed by atoms with Gasteiger partial charge in [-0.1, -0.05) is 58.5 Å². The van der Waals surface area contributed by atoms with Gasteiger partial charge in [0.2, 0.25) is 0 Å². The van der Waals surface area contributed by atoms with Gasteiger partial charge in [0.05, 0.1) is 37.4 Å². The summed E-state index contributed by atoms with van der Waals surface area (Å²) < 4.78 is 16.3. The Morgan fingerprint density at radius 3 is 2.35 bits per heavy atom. The van der Waals surface area contributed by atoms with Gasteiger partial charge < -0.3 is 19.5 Å². The van der Waals surface area contributed by atoms with Gasteiger partial charge in [-0.15, -0.1) is 0 Å². The van der Waals surface area contributed by atoms with Crippen molar-refractivity contribution in [2.45, 2.75) is 41.2 Å². The molecule has 0 bridgehead atoms. The molecular formula is C30H41N3O4. The Kier molecular flexibility index (Phi) is 12.6. The standard InChI is InChI=1S/C26H29N3O4.2C2H6/c1-18-22-10-9-21(33-20-7-5-4-6-8-20)15-23(22)24(17-29-11-13-32-14-12-29)28-26(18)19(2)27-16-25(30)31-3;2*1-2/h4-10,15,27H,2,11-14,16-17H2,1,3H3;2*1-2H3. The maximum atomic E-state index is 11.6. The lowest BCUT2D eigenvalue weighted by molar-refractivity contribution is -0.139. The van der Waals surface area contributed by atoms with Gasteiger partial charge in [0.25, 0.3) is 0 Å². The molecule has 200 valence electrons. The van der Waals surface area contributed by atoms with Gasteiger partial charge in [-0.25, -0.2) is 4.98 Å². The Labute approximate surface area is 221 Å². The Balaban J connectivity index is 0.00000115. The molecular weight excluding hydrogens is 466 g/mol. The minimum atomic E-state index is -0.356. The first-order chi connectivity index (χ1) is 18.0. The number of nitrogens with one attached hydrogen (secondary N) is 1. The van der Waals surface area contributed by atoms with Crippen LogP contribution in [-0.4, -0.2) is 55.8 Å². The number of aromatic nitrogens is 1. The van der Waals surface area contributed by atoms with E-state index < -0.39 is 0 Å². The van der Waals surface area contributed by atoms with E-state index in [2.05, 4.69) is 22.9 Å². The second kappa shape index (κ2) is 15.6. The van der Waals surface area contributed by atoms with Crippen molar-refractivity contribution in [3.8, 4) is 11.5 Å². The van der Waals surface area contributed by atoms with Crippen molar-refractivity contribution in [1.29, 1.82) is 0 Å². The quantitative estimate of drug-likeness (QED) is 0.378. The lowest BCUT2D eigenvalue weighted by Crippen LogP contribution is -2.36. The Morgan fingerprint density at radius 1 is 1.03 bits per heavy atom. The number of aryl methyl sites for hydroxylation is 1. The highest BCUT2D eigenvalue weighted by molar-refractivity contribution is 5.91. The zero-order valence-corrected chi connectivity index (χ0v) is 23.1. The van der Waals surface area contributed by atoms with Crippen LogP contribution in [0.5, 0.6) is 11.5 Å². The number of hydrogen-bond acceptors (Lipinski definition) is 7. The molecule has 0 radical (unpaired) electrons. The maximum Gasteiger partial charge on any atom is 0.325 e. The third kappa shape index (κ3) is 8.30. The van der Waals surface area contributed by atoms with Crippen molar-refractivity contribution in [1.82, 2.24) is 15.2 Å². The van der Waals surface area contributed by atoms with Crippen LogP contribution >= 0.6 is 0 Å². The summed E-state index contributed by atoms with van der Waals surface area (Å²) in [6, 6.07) is 15.8. The predicted molar refractivity (Wildman–Crippen MR) is 151 cm³/mol. The molecule has 1 N–H and O–H groups in total. The summed E-state index contributed by atoms with van der Waals surface area (Å²) in [6.07, 6.45) is 0. The lowest BCUT2D eigenvalue weighted by Gasteiger charge is -2.27. The van der Waals surface area contributed by atoms with Crippen LogP contribution in [0.2, 0.25) is 0 Å². The fourth-order valence-corrected chi connectivity index (χ4v) is 3.90. The highest BCUT2D eigenvalue weighted by Gasteiger charge is 2.18. The molecule has 7 nitrogen and oxygen atoms in total. The number of hydrogen-bond donors (Lipinski definition) is 1. The van der Waals surface area contributed by atoms with Gasteiger partial charge in [0.1, 0.15) is 18.0 Å². The summed E-state index contributed by atoms with van der Waals surface area (Å²) in [6.45, 7) is 18.0. The van der Waals surface area contributed by atoms with Crippen LogP contribution in [0.3, 0.4) is 0 Å². The van der Waals surface area contributed by atoms with Crippen molar-refractivity contribution in [2.24, 2.45) is 0 Å². The molecule has 1 fully saturated rings. The van der Waals surface area contributed by atoms with Crippen LogP contribution < -0.4 is 10.1 Å². The topological polar surface area (TPSA) is 72.9 Å². The summed E-state index contributed by atoms with van der Waals surface area (Å²) in [5.74, 6) is 1.19. The Morgan fingerprint density at radius 2 is 1.70 bits per heavy atom. The summed E-state index contributed by atoms with van der Waals surface area (Å²) in [4.78, 5) is 18.9. The molecule has 1 aliphatic heterocycles. The molecule has 37 heavy (non-hydrogen) atoms. The van der Waals surface area contributed by atoms with Crippen LogP contribution in [0.25, 0.3) is 16.5 Å². The lowest BCUT2D eigenvalue weighted by atomic mass is 10.0. The van der Waals surface area contributed by atoms with Crippen molar-refractivity contribution < 1.29 is 19.0 Å². The number of morpholine rings is 1. The molecule has 4 rings (SSSR count). The number of rotatable bonds is 8. The molecule has 0 unspecified atom stereocenters. The average molecular weight is 508 g/mol. The summed E-state index contributed by atoms with van der Waals surface area (Å²) in [5.41, 5.74) is 3.26. The SMILES string of the molecule is C=C(NCC(=O)OC)c1nc(CN2CCOCC2)c2cc(Oc3ccccc3)ccc2c1C.CC.CC. The number of benzene rings is 2. The molecule has 1 aromatic heterocycles. The van der Waals surface area contributed by atoms with E-state index in [-0.39, 0.29) is 12.5 Å². The van der Waals surface area contributed by atoms with Crippen LogP contribution in [-0.2, 0) is 20.8 Å². The number of para-hydroxylation sites is 1. The normalized spacial score (nSPS) is 12.9. The van der Waals surface area contributed by atoms with Gasteiger partial charge in [-0.3, -0.25) is 9.69 Å². The molecule has 1 aliphatic rings. The number of ether oxygens (including phenoxy) is 3. The van der Waals surface area contributed by atoms with Gasteiger partial charge in [0, 0.05) is 25.0 Å². The highest BCUT2D eigenvalue weighted by Crippen LogP contribution is 2.32. The van der Waals surface area contributed by atoms with Gasteiger partial charge in [-0.05, 0) is 42.1 Å². The largest absolute Gasteiger partial charge is 0.468 e. The molecule has 2 heterocycles. The zero-order valence-electron chi connectivity index (χ0n) is 23.1. The fraction of sp³-hybridized carbons (Fsp3) is 0.400. The number of carbonyl (C=O) groups excluding carboxylic acids is 1. The van der Waals surface area contributed by atoms with E-state index in [0.29, 0.717) is 25.5 Å². The van der Waals surface area contributed by atoms with E-state index in [4.69, 9.17) is 19.2 Å². The molecule has 0 saturated carbocycles. The number of carbonyl (C=O) groups is 1. The first-order valence-corrected chi connectivity index (χ1v) is 13.0. The van der Waals surface area contributed by atoms with E-state index >= 15 is 0 Å². The maximum absolute atomic E-state index is 11.6. The van der Waals surface area contributed by atoms with Crippen molar-refractivity contribution >= 4 is 22.4 Å². The van der Waals surface area contributed by atoms with Gasteiger partial charge in [0.15, 0.2) is 0 Å². The van der Waals surface area contributed by atoms with Crippen molar-refractivity contribution in [3.05, 3.63) is 72.1 Å². The first-order valence-electron chi connectivity index (χ1n) is 13.0. The fourth-order valence-electron chi connectivity index (χ4n) is 3.90. The highest BCUT2D eigenvalue weighted by atomic mass is 16.5. The smallest absolute Gasteiger partial charge is 0.325 e. The minimum absolute atomic E-state index is 0.0388. The van der Waals surface area contributed by atoms with Crippen LogP contribution in [0.4, 0.5) is 0 Å². The molecule has 0 aliphatic carbocycles. The number of methoxy groups -OCH3 is 1. The van der Waals surface area contributed by atoms with Crippen molar-refractivity contribution in [2.75, 3.05) is 40.0 Å². The van der Waals surface area contributed by atoms with Gasteiger partial charge in [-0.2, -0.15) is 0 Å². The third-order valence-corrected chi connectivity index (χ3v) is 5.72. The number of fused-ring (bicyclic) bond motifs is 1. The van der Waals surface area contributed by atoms with Crippen LogP contribution in [0.1, 0.15) is 44.6 Å². The Hall–Kier alpha value is -3.42. The van der Waals surface area contributed by atoms with Crippen LogP contribution in [0, 0.1) is 6.92 Å². The van der Waals surface area contributed by atoms with E-state index in [9.17, 15) is 4.79 Å². The van der Waals surface area contributed by atoms with Crippen molar-refractivity contribution in [3.63, 3.8) is 0 Å². The van der Waals surface area contributed by atoms with E-state index in [1.54, 1.807) is 0 Å². The average Bonchev–Trinajstić information content (AvgIpc) is 2.96. The molecule has 7 heteroatoms. The molecule has 0 atom stereocenters. The number of pyridine rings is 1. The second-order valence-corrected chi connectivity index (χ2v) is 7.95. The molecule has 0 amide bonds. The first kappa shape index (κ1) is 29.8. The Bertz CT molecular complexity index is 1140. The number of esters is 1.